The normalized spacial score (nSPS) is 18.4. The minimum atomic E-state index is -1.05. The summed E-state index contributed by atoms with van der Waals surface area (Å²) in [6, 6.07) is 12.4. The number of halogens is 4. The van der Waals surface area contributed by atoms with Gasteiger partial charge < -0.3 is 4.74 Å². The first-order valence-electron chi connectivity index (χ1n) is 11.8. The fourth-order valence-corrected chi connectivity index (χ4v) is 4.85. The lowest BCUT2D eigenvalue weighted by Gasteiger charge is -2.27. The second kappa shape index (κ2) is 10.5. The average molecular weight is 466 g/mol. The average Bonchev–Trinajstić information content (AvgIpc) is 2.85. The second-order valence-corrected chi connectivity index (χ2v) is 8.72. The van der Waals surface area contributed by atoms with E-state index in [2.05, 4.69) is 6.08 Å². The zero-order valence-electron chi connectivity index (χ0n) is 19.4. The first-order valence-corrected chi connectivity index (χ1v) is 11.8. The molecule has 1 fully saturated rings. The Morgan fingerprint density at radius 2 is 1.32 bits per heavy atom. The molecule has 6 heteroatoms. The van der Waals surface area contributed by atoms with Crippen molar-refractivity contribution in [3.63, 3.8) is 0 Å². The van der Waals surface area contributed by atoms with Crippen LogP contribution >= 0.6 is 0 Å². The van der Waals surface area contributed by atoms with E-state index in [4.69, 9.17) is 4.74 Å². The van der Waals surface area contributed by atoms with E-state index in [1.54, 1.807) is 44.2 Å². The number of benzene rings is 3. The summed E-state index contributed by atoms with van der Waals surface area (Å²) in [4.78, 5) is 0. The van der Waals surface area contributed by atoms with Crippen LogP contribution in [0.2, 0.25) is 0 Å². The highest BCUT2D eigenvalue weighted by Crippen LogP contribution is 2.39. The molecule has 0 heterocycles. The Balaban J connectivity index is 1.57. The van der Waals surface area contributed by atoms with Crippen molar-refractivity contribution >= 4 is 7.85 Å². The third-order valence-electron chi connectivity index (χ3n) is 6.64. The summed E-state index contributed by atoms with van der Waals surface area (Å²) in [5.74, 6) is -3.34. The van der Waals surface area contributed by atoms with Crippen LogP contribution in [0.5, 0.6) is 5.75 Å². The molecule has 0 atom stereocenters. The molecular formula is C28H27BF4O. The van der Waals surface area contributed by atoms with Gasteiger partial charge in [-0.3, -0.25) is 0 Å². The van der Waals surface area contributed by atoms with Gasteiger partial charge in [-0.2, -0.15) is 4.39 Å². The fraction of sp³-hybridized carbons (Fsp3) is 0.286. The second-order valence-electron chi connectivity index (χ2n) is 8.72. The first kappa shape index (κ1) is 24.1. The fourth-order valence-electron chi connectivity index (χ4n) is 4.85. The van der Waals surface area contributed by atoms with Gasteiger partial charge in [-0.1, -0.05) is 48.6 Å². The quantitative estimate of drug-likeness (QED) is 0.209. The predicted molar refractivity (Wildman–Crippen MR) is 131 cm³/mol. The lowest BCUT2D eigenvalue weighted by Crippen LogP contribution is -2.13. The van der Waals surface area contributed by atoms with Gasteiger partial charge in [0.15, 0.2) is 31.0 Å². The Labute approximate surface area is 198 Å². The summed E-state index contributed by atoms with van der Waals surface area (Å²) in [7, 11) is 1.69. The van der Waals surface area contributed by atoms with E-state index in [1.807, 2.05) is 13.0 Å². The van der Waals surface area contributed by atoms with Crippen molar-refractivity contribution in [3.8, 4) is 28.0 Å². The van der Waals surface area contributed by atoms with Crippen LogP contribution in [-0.4, -0.2) is 14.4 Å². The summed E-state index contributed by atoms with van der Waals surface area (Å²) >= 11 is 0. The van der Waals surface area contributed by atoms with Crippen LogP contribution in [0.15, 0.2) is 60.7 Å². The molecule has 0 saturated heterocycles. The summed E-state index contributed by atoms with van der Waals surface area (Å²) in [5, 5.41) is 0. The molecule has 0 unspecified atom stereocenters. The molecule has 3 aromatic carbocycles. The number of hydrogen-bond donors (Lipinski definition) is 0. The number of hydrogen-bond acceptors (Lipinski definition) is 1. The van der Waals surface area contributed by atoms with Crippen LogP contribution in [0.1, 0.15) is 44.1 Å². The molecule has 0 amide bonds. The molecule has 34 heavy (non-hydrogen) atoms. The van der Waals surface area contributed by atoms with Gasteiger partial charge in [-0.25, -0.2) is 13.2 Å². The summed E-state index contributed by atoms with van der Waals surface area (Å²) in [6.07, 6.45) is 7.86. The van der Waals surface area contributed by atoms with Gasteiger partial charge in [0.25, 0.3) is 0 Å². The number of rotatable bonds is 6. The van der Waals surface area contributed by atoms with E-state index in [0.29, 0.717) is 22.6 Å². The van der Waals surface area contributed by atoms with E-state index >= 15 is 8.78 Å². The molecule has 1 nitrogen and oxygen atoms in total. The molecule has 0 aliphatic heterocycles. The Morgan fingerprint density at radius 1 is 0.765 bits per heavy atom. The van der Waals surface area contributed by atoms with Crippen LogP contribution in [0, 0.1) is 29.2 Å². The maximum absolute atomic E-state index is 15.0. The minimum absolute atomic E-state index is 0.0185. The zero-order chi connectivity index (χ0) is 24.2. The van der Waals surface area contributed by atoms with Crippen molar-refractivity contribution in [1.82, 2.24) is 0 Å². The van der Waals surface area contributed by atoms with Crippen molar-refractivity contribution < 1.29 is 22.3 Å². The third kappa shape index (κ3) is 4.77. The van der Waals surface area contributed by atoms with Gasteiger partial charge in [0.1, 0.15) is 0 Å². The third-order valence-corrected chi connectivity index (χ3v) is 6.64. The molecular weight excluding hydrogens is 439 g/mol. The van der Waals surface area contributed by atoms with Crippen LogP contribution in [0.25, 0.3) is 22.3 Å². The molecule has 0 radical (unpaired) electrons. The van der Waals surface area contributed by atoms with Crippen LogP contribution in [0.4, 0.5) is 17.6 Å². The van der Waals surface area contributed by atoms with Gasteiger partial charge in [-0.15, -0.1) is 0 Å². The molecule has 4 rings (SSSR count). The van der Waals surface area contributed by atoms with Crippen LogP contribution in [0.3, 0.4) is 0 Å². The number of allylic oxidation sites excluding steroid dienone is 2. The van der Waals surface area contributed by atoms with Crippen molar-refractivity contribution in [1.29, 1.82) is 0 Å². The Morgan fingerprint density at radius 3 is 1.88 bits per heavy atom. The van der Waals surface area contributed by atoms with Gasteiger partial charge in [0.05, 0.1) is 6.51 Å². The topological polar surface area (TPSA) is 9.23 Å². The van der Waals surface area contributed by atoms with E-state index < -0.39 is 23.3 Å². The molecule has 3 aromatic rings. The Bertz CT molecular complexity index is 1180. The molecule has 1 aliphatic rings. The monoisotopic (exact) mass is 466 g/mol. The van der Waals surface area contributed by atoms with Crippen molar-refractivity contribution in [2.24, 2.45) is 5.92 Å². The van der Waals surface area contributed by atoms with E-state index in [9.17, 15) is 8.78 Å². The predicted octanol–water partition coefficient (Wildman–Crippen LogP) is 7.40. The SMILES string of the molecule is BCOc1ccc(-c2ccc(-c3ccc(C4CCC(/C=C/C)CC4)c(F)c3F)cc2)c(F)c1F. The molecule has 0 aromatic heterocycles. The maximum Gasteiger partial charge on any atom is 0.201 e. The lowest BCUT2D eigenvalue weighted by molar-refractivity contribution is 0.352. The van der Waals surface area contributed by atoms with E-state index in [0.717, 1.165) is 25.7 Å². The van der Waals surface area contributed by atoms with Gasteiger partial charge >= 0.3 is 0 Å². The van der Waals surface area contributed by atoms with Crippen LogP contribution < -0.4 is 4.74 Å². The highest BCUT2D eigenvalue weighted by molar-refractivity contribution is 6.08. The maximum atomic E-state index is 15.0. The molecule has 1 saturated carbocycles. The smallest absolute Gasteiger partial charge is 0.201 e. The zero-order valence-corrected chi connectivity index (χ0v) is 19.4. The van der Waals surface area contributed by atoms with Gasteiger partial charge in [0, 0.05) is 11.1 Å². The molecule has 1 aliphatic carbocycles. The Kier molecular flexibility index (Phi) is 7.45. The van der Waals surface area contributed by atoms with E-state index in [-0.39, 0.29) is 29.3 Å². The lowest BCUT2D eigenvalue weighted by atomic mass is 9.78. The van der Waals surface area contributed by atoms with Crippen molar-refractivity contribution in [3.05, 3.63) is 89.5 Å². The summed E-state index contributed by atoms with van der Waals surface area (Å²) in [5.41, 5.74) is 1.55. The summed E-state index contributed by atoms with van der Waals surface area (Å²) < 4.78 is 63.9. The van der Waals surface area contributed by atoms with Gasteiger partial charge in [0.2, 0.25) is 5.82 Å². The van der Waals surface area contributed by atoms with Crippen LogP contribution in [-0.2, 0) is 0 Å². The summed E-state index contributed by atoms with van der Waals surface area (Å²) in [6.45, 7) is 2.22. The largest absolute Gasteiger partial charge is 0.500 e. The van der Waals surface area contributed by atoms with E-state index in [1.165, 1.54) is 12.1 Å². The first-order chi connectivity index (χ1) is 16.4. The Hall–Kier alpha value is -3.02. The molecule has 176 valence electrons. The van der Waals surface area contributed by atoms with Crippen molar-refractivity contribution in [2.75, 3.05) is 6.51 Å². The highest BCUT2D eigenvalue weighted by atomic mass is 19.2. The molecule has 0 spiro atoms. The van der Waals surface area contributed by atoms with Crippen molar-refractivity contribution in [2.45, 2.75) is 38.5 Å². The standard InChI is InChI=1S/C28H27BF4O/c1-2-3-17-4-6-18(7-5-17)21-12-13-22(26(31)25(21)30)19-8-10-20(11-9-19)23-14-15-24(34-16-29)28(33)27(23)32/h2-3,8-15,17-18H,4-7,16,29H2,1H3/b3-2+. The van der Waals surface area contributed by atoms with Gasteiger partial charge in [-0.05, 0) is 73.3 Å². The highest BCUT2D eigenvalue weighted by Gasteiger charge is 2.25. The number of ether oxygens (including phenoxy) is 1. The molecule has 0 N–H and O–H groups in total. The minimum Gasteiger partial charge on any atom is -0.500 e. The molecule has 0 bridgehead atoms.